The summed E-state index contributed by atoms with van der Waals surface area (Å²) >= 11 is 0. The Morgan fingerprint density at radius 1 is 0.933 bits per heavy atom. The smallest absolute Gasteiger partial charge is 0.332 e. The van der Waals surface area contributed by atoms with Crippen molar-refractivity contribution in [2.45, 2.75) is 104 Å². The van der Waals surface area contributed by atoms with Crippen LogP contribution in [0.4, 0.5) is 0 Å². The molecule has 0 saturated heterocycles. The van der Waals surface area contributed by atoms with E-state index in [0.717, 1.165) is 29.7 Å². The maximum Gasteiger partial charge on any atom is 0.332 e. The number of benzene rings is 1. The lowest BCUT2D eigenvalue weighted by molar-refractivity contribution is -0.199. The van der Waals surface area contributed by atoms with Crippen LogP contribution in [0.5, 0.6) is 0 Å². The van der Waals surface area contributed by atoms with Gasteiger partial charge in [0.15, 0.2) is 0 Å². The van der Waals surface area contributed by atoms with Gasteiger partial charge in [0, 0.05) is 5.41 Å². The van der Waals surface area contributed by atoms with Gasteiger partial charge in [-0.25, -0.2) is 4.79 Å². The number of hydrogen-bond donors (Lipinski definition) is 1. The summed E-state index contributed by atoms with van der Waals surface area (Å²) in [5.74, 6) is 3.97. The van der Waals surface area contributed by atoms with Gasteiger partial charge in [-0.2, -0.15) is 0 Å². The topological polar surface area (TPSA) is 55.8 Å². The highest BCUT2D eigenvalue weighted by molar-refractivity contribution is 5.70. The number of carbonyl (C=O) groups excluding carboxylic acids is 1. The van der Waals surface area contributed by atoms with E-state index < -0.39 is 0 Å². The summed E-state index contributed by atoms with van der Waals surface area (Å²) in [5, 5.41) is 10.7. The molecule has 6 rings (SSSR count). The monoisotopic (exact) mass is 618 g/mol. The molecule has 1 aromatic rings. The van der Waals surface area contributed by atoms with Crippen LogP contribution in [-0.4, -0.2) is 37.0 Å². The Balaban J connectivity index is 0.000000871. The van der Waals surface area contributed by atoms with Crippen LogP contribution in [0.25, 0.3) is 6.08 Å². The van der Waals surface area contributed by atoms with Crippen LogP contribution in [0.15, 0.2) is 62.2 Å². The van der Waals surface area contributed by atoms with Gasteiger partial charge in [0.25, 0.3) is 0 Å². The number of rotatable bonds is 7. The van der Waals surface area contributed by atoms with Crippen molar-refractivity contribution in [2.75, 3.05) is 19.8 Å². The minimum absolute atomic E-state index is 0.0263. The van der Waals surface area contributed by atoms with Gasteiger partial charge in [0.1, 0.15) is 6.61 Å². The molecule has 0 aliphatic heterocycles. The fourth-order valence-electron chi connectivity index (χ4n) is 11.4. The Hall–Kier alpha value is -2.17. The molecule has 250 valence electrons. The first-order valence-corrected chi connectivity index (χ1v) is 17.9. The minimum Gasteiger partial charge on any atom is -0.463 e. The molecule has 10 atom stereocenters. The first-order valence-electron chi connectivity index (χ1n) is 17.9. The normalized spacial score (nSPS) is 39.8. The van der Waals surface area contributed by atoms with Crippen molar-refractivity contribution >= 4 is 12.0 Å². The second kappa shape index (κ2) is 15.6. The van der Waals surface area contributed by atoms with Crippen molar-refractivity contribution in [1.82, 2.24) is 0 Å². The molecule has 1 aromatic carbocycles. The van der Waals surface area contributed by atoms with Gasteiger partial charge in [-0.05, 0) is 123 Å². The van der Waals surface area contributed by atoms with Crippen LogP contribution in [0.1, 0.15) is 104 Å². The second-order valence-corrected chi connectivity index (χ2v) is 15.3. The Morgan fingerprint density at radius 2 is 1.60 bits per heavy atom. The van der Waals surface area contributed by atoms with Gasteiger partial charge in [-0.1, -0.05) is 75.8 Å². The Bertz CT molecular complexity index is 1130. The maximum absolute atomic E-state index is 12.7. The summed E-state index contributed by atoms with van der Waals surface area (Å²) in [6.07, 6.45) is 19.4. The predicted molar refractivity (Wildman–Crippen MR) is 186 cm³/mol. The third kappa shape index (κ3) is 7.23. The third-order valence-corrected chi connectivity index (χ3v) is 13.3. The molecule has 5 aliphatic carbocycles. The number of ether oxygens (including phenoxy) is 2. The van der Waals surface area contributed by atoms with E-state index in [-0.39, 0.29) is 24.1 Å². The fourth-order valence-corrected chi connectivity index (χ4v) is 11.4. The molecule has 5 saturated carbocycles. The summed E-state index contributed by atoms with van der Waals surface area (Å²) in [4.78, 5) is 12.7. The molecule has 5 aliphatic rings. The van der Waals surface area contributed by atoms with E-state index in [2.05, 4.69) is 52.6 Å². The zero-order valence-corrected chi connectivity index (χ0v) is 28.9. The molecule has 0 aromatic heterocycles. The largest absolute Gasteiger partial charge is 0.463 e. The molecule has 10 unspecified atom stereocenters. The lowest BCUT2D eigenvalue weighted by Gasteiger charge is -2.67. The van der Waals surface area contributed by atoms with Gasteiger partial charge >= 0.3 is 5.97 Å². The molecule has 0 radical (unpaired) electrons. The first-order chi connectivity index (χ1) is 21.7. The van der Waals surface area contributed by atoms with Crippen LogP contribution in [0.2, 0.25) is 0 Å². The molecule has 4 nitrogen and oxygen atoms in total. The average molecular weight is 619 g/mol. The number of aliphatic hydroxyl groups excluding tert-OH is 1. The SMILES string of the molecule is C=C.C=CC.CC1C(O)CCC2(C)C1CCC1(C)C3CCC4(COC(=O)COC/C=C/c5ccccc5)CCCC4C3CCC21. The third-order valence-electron chi connectivity index (χ3n) is 13.3. The minimum atomic E-state index is -0.217. The lowest BCUT2D eigenvalue weighted by Crippen LogP contribution is -2.61. The van der Waals surface area contributed by atoms with E-state index in [1.54, 1.807) is 6.08 Å². The van der Waals surface area contributed by atoms with Crippen LogP contribution in [0, 0.1) is 51.8 Å². The highest BCUT2D eigenvalue weighted by Gasteiger charge is 2.64. The van der Waals surface area contributed by atoms with E-state index >= 15 is 0 Å². The number of esters is 1. The lowest BCUT2D eigenvalue weighted by atomic mass is 9.37. The standard InChI is InChI=1S/C36H52O4.C3H6.C2H4/c1-25-28-15-19-35(3)29-16-21-36(24-40-33(38)23-39-22-8-11-26-9-5-4-6-10-26)18-7-12-30(36)27(29)13-14-32(35)34(28,2)20-17-31(25)37;1-3-2;1-2/h4-6,8-11,25,27-32,37H,7,12-24H2,1-3H3;3H,1H2,2H3;1-2H2/b11-8+;;. The summed E-state index contributed by atoms with van der Waals surface area (Å²) < 4.78 is 11.6. The molecule has 0 spiro atoms. The Labute approximate surface area is 274 Å². The Kier molecular flexibility index (Phi) is 12.4. The number of carbonyl (C=O) groups is 1. The van der Waals surface area contributed by atoms with E-state index in [1.807, 2.05) is 37.3 Å². The second-order valence-electron chi connectivity index (χ2n) is 15.3. The first kappa shape index (κ1) is 35.7. The van der Waals surface area contributed by atoms with Gasteiger partial charge in [0.2, 0.25) is 0 Å². The zero-order chi connectivity index (χ0) is 32.7. The van der Waals surface area contributed by atoms with Crippen molar-refractivity contribution in [3.8, 4) is 0 Å². The van der Waals surface area contributed by atoms with Crippen LogP contribution < -0.4 is 0 Å². The molecule has 4 heteroatoms. The van der Waals surface area contributed by atoms with Crippen molar-refractivity contribution < 1.29 is 19.4 Å². The van der Waals surface area contributed by atoms with E-state index in [1.165, 1.54) is 64.2 Å². The molecule has 5 fully saturated rings. The average Bonchev–Trinajstić information content (AvgIpc) is 3.48. The van der Waals surface area contributed by atoms with Crippen LogP contribution in [0.3, 0.4) is 0 Å². The van der Waals surface area contributed by atoms with E-state index in [9.17, 15) is 9.90 Å². The maximum atomic E-state index is 12.7. The molecule has 0 bridgehead atoms. The van der Waals surface area contributed by atoms with Crippen LogP contribution >= 0.6 is 0 Å². The van der Waals surface area contributed by atoms with Gasteiger partial charge in [-0.15, -0.1) is 19.7 Å². The van der Waals surface area contributed by atoms with Crippen molar-refractivity contribution in [3.63, 3.8) is 0 Å². The van der Waals surface area contributed by atoms with Crippen LogP contribution in [-0.2, 0) is 14.3 Å². The summed E-state index contributed by atoms with van der Waals surface area (Å²) in [6, 6.07) is 10.1. The number of allylic oxidation sites excluding steroid dienone is 1. The summed E-state index contributed by atoms with van der Waals surface area (Å²) in [5.41, 5.74) is 2.11. The predicted octanol–water partition coefficient (Wildman–Crippen LogP) is 9.69. The number of fused-ring (bicyclic) bond motifs is 7. The molecular formula is C41H62O4. The fraction of sp³-hybridized carbons (Fsp3) is 0.683. The van der Waals surface area contributed by atoms with Gasteiger partial charge in [0.05, 0.1) is 19.3 Å². The summed E-state index contributed by atoms with van der Waals surface area (Å²) in [6.45, 7) is 19.9. The van der Waals surface area contributed by atoms with Crippen molar-refractivity contribution in [1.29, 1.82) is 0 Å². The molecule has 45 heavy (non-hydrogen) atoms. The molecular weight excluding hydrogens is 556 g/mol. The number of aliphatic hydroxyl groups is 1. The molecule has 0 amide bonds. The highest BCUT2D eigenvalue weighted by atomic mass is 16.6. The highest BCUT2D eigenvalue weighted by Crippen LogP contribution is 2.71. The zero-order valence-electron chi connectivity index (χ0n) is 28.9. The number of hydrogen-bond acceptors (Lipinski definition) is 4. The summed E-state index contributed by atoms with van der Waals surface area (Å²) in [7, 11) is 0. The van der Waals surface area contributed by atoms with E-state index in [4.69, 9.17) is 9.47 Å². The van der Waals surface area contributed by atoms with Crippen molar-refractivity contribution in [2.24, 2.45) is 51.8 Å². The molecule has 1 N–H and O–H groups in total. The van der Waals surface area contributed by atoms with E-state index in [0.29, 0.717) is 41.8 Å². The van der Waals surface area contributed by atoms with Crippen molar-refractivity contribution in [3.05, 3.63) is 67.8 Å². The van der Waals surface area contributed by atoms with Gasteiger partial charge in [-0.3, -0.25) is 0 Å². The quantitative estimate of drug-likeness (QED) is 0.188. The molecule has 0 heterocycles. The Morgan fingerprint density at radius 3 is 2.33 bits per heavy atom. The van der Waals surface area contributed by atoms with Gasteiger partial charge < -0.3 is 14.6 Å².